The van der Waals surface area contributed by atoms with Crippen molar-refractivity contribution in [3.05, 3.63) is 0 Å². The van der Waals surface area contributed by atoms with Crippen molar-refractivity contribution >= 4 is 0 Å². The molecule has 3 aliphatic rings. The molecular weight excluding hydrogens is 210 g/mol. The van der Waals surface area contributed by atoms with Crippen molar-refractivity contribution in [1.82, 2.24) is 4.90 Å². The predicted molar refractivity (Wildman–Crippen MR) is 69.9 cm³/mol. The zero-order chi connectivity index (χ0) is 11.7. The summed E-state index contributed by atoms with van der Waals surface area (Å²) in [6.45, 7) is 1.34. The largest absolute Gasteiger partial charge is 0.393 e. The monoisotopic (exact) mass is 237 g/mol. The maximum Gasteiger partial charge on any atom is 0.0541 e. The van der Waals surface area contributed by atoms with Crippen LogP contribution in [0.5, 0.6) is 0 Å². The molecule has 1 aliphatic heterocycles. The minimum Gasteiger partial charge on any atom is -0.393 e. The Kier molecular flexibility index (Phi) is 3.72. The maximum atomic E-state index is 9.63. The van der Waals surface area contributed by atoms with Gasteiger partial charge in [-0.1, -0.05) is 12.8 Å². The zero-order valence-electron chi connectivity index (χ0n) is 11.0. The molecule has 3 rings (SSSR count). The van der Waals surface area contributed by atoms with Gasteiger partial charge in [-0.15, -0.1) is 0 Å². The van der Waals surface area contributed by atoms with Crippen LogP contribution in [0.2, 0.25) is 0 Å². The Morgan fingerprint density at radius 3 is 2.18 bits per heavy atom. The van der Waals surface area contributed by atoms with Crippen molar-refractivity contribution in [3.63, 3.8) is 0 Å². The first-order chi connectivity index (χ1) is 8.34. The highest BCUT2D eigenvalue weighted by atomic mass is 16.3. The molecule has 1 N–H and O–H groups in total. The first-order valence-electron chi connectivity index (χ1n) is 7.78. The van der Waals surface area contributed by atoms with Crippen LogP contribution in [-0.2, 0) is 0 Å². The highest BCUT2D eigenvalue weighted by molar-refractivity contribution is 4.92. The molecule has 1 atom stereocenters. The highest BCUT2D eigenvalue weighted by Gasteiger charge is 2.37. The Balaban J connectivity index is 1.61. The van der Waals surface area contributed by atoms with Gasteiger partial charge in [0.2, 0.25) is 0 Å². The van der Waals surface area contributed by atoms with Crippen LogP contribution < -0.4 is 0 Å². The average molecular weight is 237 g/mol. The molecule has 0 aromatic heterocycles. The highest BCUT2D eigenvalue weighted by Crippen LogP contribution is 2.38. The lowest BCUT2D eigenvalue weighted by atomic mass is 9.89. The standard InChI is InChI=1S/C15H27NO/c17-14-9-7-13(8-10-14)16-11-3-6-15(16)12-4-1-2-5-12/h12-15,17H,1-11H2. The zero-order valence-corrected chi connectivity index (χ0v) is 11.0. The van der Waals surface area contributed by atoms with Gasteiger partial charge in [0.05, 0.1) is 6.10 Å². The summed E-state index contributed by atoms with van der Waals surface area (Å²) in [5, 5.41) is 9.63. The molecule has 0 aromatic carbocycles. The summed E-state index contributed by atoms with van der Waals surface area (Å²) in [7, 11) is 0. The van der Waals surface area contributed by atoms with Gasteiger partial charge < -0.3 is 5.11 Å². The number of likely N-dealkylation sites (tertiary alicyclic amines) is 1. The van der Waals surface area contributed by atoms with Gasteiger partial charge >= 0.3 is 0 Å². The molecule has 2 aliphatic carbocycles. The normalized spacial score (nSPS) is 41.1. The third kappa shape index (κ3) is 2.53. The molecule has 3 fully saturated rings. The lowest BCUT2D eigenvalue weighted by Gasteiger charge is -2.39. The van der Waals surface area contributed by atoms with Crippen molar-refractivity contribution in [1.29, 1.82) is 0 Å². The SMILES string of the molecule is OC1CCC(N2CCCC2C2CCCC2)CC1. The van der Waals surface area contributed by atoms with Gasteiger partial charge in [0, 0.05) is 12.1 Å². The van der Waals surface area contributed by atoms with E-state index in [1.54, 1.807) is 0 Å². The van der Waals surface area contributed by atoms with Crippen LogP contribution >= 0.6 is 0 Å². The second-order valence-corrected chi connectivity index (χ2v) is 6.45. The topological polar surface area (TPSA) is 23.5 Å². The molecule has 98 valence electrons. The first kappa shape index (κ1) is 12.0. The molecule has 0 aromatic rings. The lowest BCUT2D eigenvalue weighted by molar-refractivity contribution is 0.0553. The molecule has 0 amide bonds. The van der Waals surface area contributed by atoms with E-state index in [1.165, 1.54) is 57.9 Å². The summed E-state index contributed by atoms with van der Waals surface area (Å²) >= 11 is 0. The molecule has 0 radical (unpaired) electrons. The number of hydrogen-bond donors (Lipinski definition) is 1. The van der Waals surface area contributed by atoms with Gasteiger partial charge in [-0.05, 0) is 63.8 Å². The van der Waals surface area contributed by atoms with E-state index in [0.29, 0.717) is 0 Å². The molecular formula is C15H27NO. The van der Waals surface area contributed by atoms with Crippen LogP contribution in [0.15, 0.2) is 0 Å². The summed E-state index contributed by atoms with van der Waals surface area (Å²) in [5.41, 5.74) is 0. The fraction of sp³-hybridized carbons (Fsp3) is 1.00. The minimum absolute atomic E-state index is 0.00113. The molecule has 2 heteroatoms. The van der Waals surface area contributed by atoms with Crippen LogP contribution in [-0.4, -0.2) is 34.7 Å². The minimum atomic E-state index is -0.00113. The Morgan fingerprint density at radius 2 is 1.47 bits per heavy atom. The molecule has 0 spiro atoms. The number of rotatable bonds is 2. The summed E-state index contributed by atoms with van der Waals surface area (Å²) < 4.78 is 0. The Bertz CT molecular complexity index is 241. The van der Waals surface area contributed by atoms with Crippen LogP contribution in [0.25, 0.3) is 0 Å². The Morgan fingerprint density at radius 1 is 0.765 bits per heavy atom. The van der Waals surface area contributed by atoms with E-state index in [1.807, 2.05) is 0 Å². The fourth-order valence-electron chi connectivity index (χ4n) is 4.51. The van der Waals surface area contributed by atoms with E-state index in [-0.39, 0.29) is 6.10 Å². The fourth-order valence-corrected chi connectivity index (χ4v) is 4.51. The van der Waals surface area contributed by atoms with Gasteiger partial charge in [-0.3, -0.25) is 4.90 Å². The van der Waals surface area contributed by atoms with E-state index >= 15 is 0 Å². The van der Waals surface area contributed by atoms with E-state index in [9.17, 15) is 5.11 Å². The number of hydrogen-bond acceptors (Lipinski definition) is 2. The molecule has 2 nitrogen and oxygen atoms in total. The first-order valence-corrected chi connectivity index (χ1v) is 7.78. The number of aliphatic hydroxyl groups excluding tert-OH is 1. The van der Waals surface area contributed by atoms with Crippen molar-refractivity contribution in [3.8, 4) is 0 Å². The molecule has 1 heterocycles. The van der Waals surface area contributed by atoms with E-state index in [0.717, 1.165) is 30.8 Å². The molecule has 2 saturated carbocycles. The van der Waals surface area contributed by atoms with E-state index in [2.05, 4.69) is 4.90 Å². The number of aliphatic hydroxyl groups is 1. The molecule has 0 bridgehead atoms. The Hall–Kier alpha value is -0.0800. The van der Waals surface area contributed by atoms with Crippen molar-refractivity contribution in [2.45, 2.75) is 82.4 Å². The summed E-state index contributed by atoms with van der Waals surface area (Å²) in [6, 6.07) is 1.70. The summed E-state index contributed by atoms with van der Waals surface area (Å²) in [5.74, 6) is 1.00. The van der Waals surface area contributed by atoms with Crippen LogP contribution in [0, 0.1) is 5.92 Å². The van der Waals surface area contributed by atoms with Gasteiger partial charge in [0.1, 0.15) is 0 Å². The van der Waals surface area contributed by atoms with Crippen molar-refractivity contribution in [2.75, 3.05) is 6.54 Å². The third-order valence-corrected chi connectivity index (χ3v) is 5.42. The van der Waals surface area contributed by atoms with Crippen LogP contribution in [0.3, 0.4) is 0 Å². The average Bonchev–Trinajstić information content (AvgIpc) is 3.00. The van der Waals surface area contributed by atoms with Crippen LogP contribution in [0.4, 0.5) is 0 Å². The van der Waals surface area contributed by atoms with Crippen LogP contribution in [0.1, 0.15) is 64.2 Å². The quantitative estimate of drug-likeness (QED) is 0.798. The van der Waals surface area contributed by atoms with E-state index in [4.69, 9.17) is 0 Å². The van der Waals surface area contributed by atoms with Gasteiger partial charge in [-0.2, -0.15) is 0 Å². The number of nitrogens with zero attached hydrogens (tertiary/aromatic N) is 1. The smallest absolute Gasteiger partial charge is 0.0541 e. The molecule has 17 heavy (non-hydrogen) atoms. The molecule has 1 unspecified atom stereocenters. The summed E-state index contributed by atoms with van der Waals surface area (Å²) in [6.07, 6.45) is 13.3. The maximum absolute atomic E-state index is 9.63. The molecule has 1 saturated heterocycles. The Labute approximate surface area is 105 Å². The second-order valence-electron chi connectivity index (χ2n) is 6.45. The second kappa shape index (κ2) is 5.27. The van der Waals surface area contributed by atoms with E-state index < -0.39 is 0 Å². The lowest BCUT2D eigenvalue weighted by Crippen LogP contribution is -2.44. The van der Waals surface area contributed by atoms with Gasteiger partial charge in [-0.25, -0.2) is 0 Å². The third-order valence-electron chi connectivity index (χ3n) is 5.42. The summed E-state index contributed by atoms with van der Waals surface area (Å²) in [4.78, 5) is 2.84. The predicted octanol–water partition coefficient (Wildman–Crippen LogP) is 2.94. The van der Waals surface area contributed by atoms with Crippen molar-refractivity contribution < 1.29 is 5.11 Å². The van der Waals surface area contributed by atoms with Gasteiger partial charge in [0.15, 0.2) is 0 Å². The van der Waals surface area contributed by atoms with Gasteiger partial charge in [0.25, 0.3) is 0 Å². The van der Waals surface area contributed by atoms with Crippen molar-refractivity contribution in [2.24, 2.45) is 5.92 Å².